The first kappa shape index (κ1) is 24.9. The van der Waals surface area contributed by atoms with Gasteiger partial charge in [0.25, 0.3) is 0 Å². The molecule has 41 heavy (non-hydrogen) atoms. The quantitative estimate of drug-likeness (QED) is 0.203. The van der Waals surface area contributed by atoms with Crippen molar-refractivity contribution in [3.8, 4) is 27.9 Å². The van der Waals surface area contributed by atoms with Crippen LogP contribution in [0, 0.1) is 6.92 Å². The zero-order chi connectivity index (χ0) is 27.6. The monoisotopic (exact) mass is 525 g/mol. The molecule has 0 atom stereocenters. The third kappa shape index (κ3) is 4.99. The number of benzene rings is 6. The smallest absolute Gasteiger partial charge is 0.0541 e. The molecule has 1 heteroatoms. The van der Waals surface area contributed by atoms with E-state index < -0.39 is 0 Å². The highest BCUT2D eigenvalue weighted by molar-refractivity contribution is 6.10. The van der Waals surface area contributed by atoms with Gasteiger partial charge >= 0.3 is 0 Å². The summed E-state index contributed by atoms with van der Waals surface area (Å²) in [5.74, 6) is 0. The van der Waals surface area contributed by atoms with Crippen molar-refractivity contribution in [2.45, 2.75) is 13.3 Å². The molecule has 0 bridgehead atoms. The number of allylic oxidation sites excluding steroid dienone is 1. The predicted molar refractivity (Wildman–Crippen MR) is 176 cm³/mol. The molecular weight excluding hydrogens is 494 g/mol. The normalized spacial score (nSPS) is 11.5. The summed E-state index contributed by atoms with van der Waals surface area (Å²) in [5, 5.41) is 2.56. The van der Waals surface area contributed by atoms with Crippen molar-refractivity contribution >= 4 is 27.9 Å². The fourth-order valence-electron chi connectivity index (χ4n) is 5.78. The van der Waals surface area contributed by atoms with Crippen molar-refractivity contribution in [3.63, 3.8) is 0 Å². The van der Waals surface area contributed by atoms with Gasteiger partial charge in [-0.05, 0) is 82.6 Å². The minimum atomic E-state index is 0.915. The third-order valence-electron chi connectivity index (χ3n) is 7.90. The first-order chi connectivity index (χ1) is 20.2. The maximum Gasteiger partial charge on any atom is 0.0541 e. The fourth-order valence-corrected chi connectivity index (χ4v) is 5.78. The van der Waals surface area contributed by atoms with Gasteiger partial charge in [-0.25, -0.2) is 0 Å². The van der Waals surface area contributed by atoms with Gasteiger partial charge in [0.1, 0.15) is 0 Å². The Morgan fingerprint density at radius 2 is 1.17 bits per heavy atom. The number of fused-ring (bicyclic) bond motifs is 3. The highest BCUT2D eigenvalue weighted by Gasteiger charge is 2.13. The second-order valence-corrected chi connectivity index (χ2v) is 10.7. The Morgan fingerprint density at radius 3 is 1.98 bits per heavy atom. The molecule has 0 aliphatic heterocycles. The summed E-state index contributed by atoms with van der Waals surface area (Å²) >= 11 is 0. The van der Waals surface area contributed by atoms with Crippen molar-refractivity contribution in [3.05, 3.63) is 168 Å². The average Bonchev–Trinajstić information content (AvgIpc) is 3.36. The summed E-state index contributed by atoms with van der Waals surface area (Å²) in [6.07, 6.45) is 5.38. The first-order valence-corrected chi connectivity index (χ1v) is 14.2. The summed E-state index contributed by atoms with van der Waals surface area (Å²) in [6, 6.07) is 52.6. The third-order valence-corrected chi connectivity index (χ3v) is 7.90. The van der Waals surface area contributed by atoms with Gasteiger partial charge in [-0.2, -0.15) is 0 Å². The highest BCUT2D eigenvalue weighted by atomic mass is 15.0. The molecule has 0 unspecified atom stereocenters. The van der Waals surface area contributed by atoms with Crippen LogP contribution in [0.25, 0.3) is 55.8 Å². The van der Waals surface area contributed by atoms with Crippen LogP contribution in [0.4, 0.5) is 0 Å². The Kier molecular flexibility index (Phi) is 6.55. The molecule has 7 rings (SSSR count). The van der Waals surface area contributed by atoms with Crippen molar-refractivity contribution in [1.29, 1.82) is 0 Å². The molecule has 0 amide bonds. The second-order valence-electron chi connectivity index (χ2n) is 10.7. The van der Waals surface area contributed by atoms with Crippen LogP contribution in [0.2, 0.25) is 0 Å². The minimum absolute atomic E-state index is 0.915. The van der Waals surface area contributed by atoms with E-state index in [9.17, 15) is 0 Å². The van der Waals surface area contributed by atoms with Gasteiger partial charge in [0, 0.05) is 16.5 Å². The zero-order valence-corrected chi connectivity index (χ0v) is 23.2. The van der Waals surface area contributed by atoms with Crippen molar-refractivity contribution in [2.75, 3.05) is 0 Å². The van der Waals surface area contributed by atoms with E-state index in [1.54, 1.807) is 0 Å². The number of aryl methyl sites for hydroxylation is 1. The number of hydrogen-bond acceptors (Lipinski definition) is 0. The molecule has 0 saturated carbocycles. The largest absolute Gasteiger partial charge is 0.309 e. The van der Waals surface area contributed by atoms with Crippen LogP contribution in [-0.4, -0.2) is 4.57 Å². The summed E-state index contributed by atoms with van der Waals surface area (Å²) in [4.78, 5) is 0. The van der Waals surface area contributed by atoms with Gasteiger partial charge in [0.15, 0.2) is 0 Å². The minimum Gasteiger partial charge on any atom is -0.309 e. The lowest BCUT2D eigenvalue weighted by molar-refractivity contribution is 1.17. The van der Waals surface area contributed by atoms with Crippen LogP contribution in [0.3, 0.4) is 0 Å². The number of hydrogen-bond donors (Lipinski definition) is 0. The summed E-state index contributed by atoms with van der Waals surface area (Å²) in [7, 11) is 0. The Hall–Kier alpha value is -5.14. The Morgan fingerprint density at radius 1 is 0.512 bits per heavy atom. The van der Waals surface area contributed by atoms with Crippen molar-refractivity contribution in [1.82, 2.24) is 4.57 Å². The number of aromatic nitrogens is 1. The molecule has 196 valence electrons. The van der Waals surface area contributed by atoms with E-state index in [1.807, 2.05) is 0 Å². The van der Waals surface area contributed by atoms with Gasteiger partial charge in [-0.3, -0.25) is 0 Å². The van der Waals surface area contributed by atoms with Gasteiger partial charge in [-0.1, -0.05) is 127 Å². The standard InChI is InChI=1S/C40H31N/c1-29-9-7-14-36(27-29)41-39-16-6-5-15-37(39)38-28-35(25-26-40(38)41)34-23-19-31(20-24-34)11-8-10-30-17-21-33(22-18-30)32-12-3-2-4-13-32/h2-9,11-28H,10H2,1H3/b11-8+. The molecule has 0 saturated heterocycles. The lowest BCUT2D eigenvalue weighted by Gasteiger charge is -2.09. The van der Waals surface area contributed by atoms with E-state index in [1.165, 1.54) is 66.4 Å². The van der Waals surface area contributed by atoms with Crippen molar-refractivity contribution < 1.29 is 0 Å². The van der Waals surface area contributed by atoms with E-state index in [0.29, 0.717) is 0 Å². The zero-order valence-electron chi connectivity index (χ0n) is 23.2. The molecule has 1 nitrogen and oxygen atoms in total. The van der Waals surface area contributed by atoms with Crippen LogP contribution in [0.5, 0.6) is 0 Å². The van der Waals surface area contributed by atoms with E-state index in [-0.39, 0.29) is 0 Å². The maximum absolute atomic E-state index is 2.38. The van der Waals surface area contributed by atoms with E-state index >= 15 is 0 Å². The molecule has 0 N–H and O–H groups in total. The van der Waals surface area contributed by atoms with Crippen LogP contribution in [0.15, 0.2) is 152 Å². The van der Waals surface area contributed by atoms with Crippen LogP contribution in [0.1, 0.15) is 16.7 Å². The fraction of sp³-hybridized carbons (Fsp3) is 0.0500. The van der Waals surface area contributed by atoms with Gasteiger partial charge in [0.2, 0.25) is 0 Å². The number of nitrogens with zero attached hydrogens (tertiary/aromatic N) is 1. The predicted octanol–water partition coefficient (Wildman–Crippen LogP) is 10.7. The van der Waals surface area contributed by atoms with E-state index in [4.69, 9.17) is 0 Å². The SMILES string of the molecule is Cc1cccc(-n2c3ccccc3c3cc(-c4ccc(/C=C/Cc5ccc(-c6ccccc6)cc5)cc4)ccc32)c1. The molecular formula is C40H31N. The maximum atomic E-state index is 2.38. The Bertz CT molecular complexity index is 1990. The Balaban J connectivity index is 1.12. The van der Waals surface area contributed by atoms with Crippen LogP contribution >= 0.6 is 0 Å². The Labute approximate surface area is 241 Å². The topological polar surface area (TPSA) is 4.93 Å². The van der Waals surface area contributed by atoms with Gasteiger partial charge in [-0.15, -0.1) is 0 Å². The van der Waals surface area contributed by atoms with Crippen LogP contribution in [-0.2, 0) is 6.42 Å². The lowest BCUT2D eigenvalue weighted by atomic mass is 10.0. The molecule has 0 aliphatic carbocycles. The molecule has 1 heterocycles. The first-order valence-electron chi connectivity index (χ1n) is 14.2. The summed E-state index contributed by atoms with van der Waals surface area (Å²) < 4.78 is 2.38. The summed E-state index contributed by atoms with van der Waals surface area (Å²) in [5.41, 5.74) is 12.4. The molecule has 6 aromatic carbocycles. The van der Waals surface area contributed by atoms with E-state index in [2.05, 4.69) is 169 Å². The molecule has 0 aliphatic rings. The number of para-hydroxylation sites is 1. The van der Waals surface area contributed by atoms with Gasteiger partial charge < -0.3 is 4.57 Å². The molecule has 1 aromatic heterocycles. The van der Waals surface area contributed by atoms with E-state index in [0.717, 1.165) is 6.42 Å². The molecule has 0 radical (unpaired) electrons. The van der Waals surface area contributed by atoms with Crippen LogP contribution < -0.4 is 0 Å². The second kappa shape index (κ2) is 10.8. The molecule has 0 spiro atoms. The number of rotatable bonds is 6. The van der Waals surface area contributed by atoms with Crippen molar-refractivity contribution in [2.24, 2.45) is 0 Å². The highest BCUT2D eigenvalue weighted by Crippen LogP contribution is 2.35. The average molecular weight is 526 g/mol. The lowest BCUT2D eigenvalue weighted by Crippen LogP contribution is -1.94. The molecule has 7 aromatic rings. The molecule has 0 fully saturated rings. The summed E-state index contributed by atoms with van der Waals surface area (Å²) in [6.45, 7) is 2.15. The van der Waals surface area contributed by atoms with Gasteiger partial charge in [0.05, 0.1) is 11.0 Å².